The Morgan fingerprint density at radius 1 is 1.12 bits per heavy atom. The smallest absolute Gasteiger partial charge is 0.247 e. The van der Waals surface area contributed by atoms with Gasteiger partial charge in [-0.15, -0.1) is 10.2 Å². The quantitative estimate of drug-likeness (QED) is 0.726. The van der Waals surface area contributed by atoms with E-state index in [1.165, 1.54) is 28.0 Å². The summed E-state index contributed by atoms with van der Waals surface area (Å²) in [6.45, 7) is 0. The number of hydrogen-bond donors (Lipinski definition) is 1. The highest BCUT2D eigenvalue weighted by molar-refractivity contribution is 8.02. The molecule has 1 atom stereocenters. The Balaban J connectivity index is 1.68. The monoisotopic (exact) mass is 356 g/mol. The number of nitrogens with zero attached hydrogens (tertiary/aromatic N) is 3. The predicted molar refractivity (Wildman–Crippen MR) is 95.0 cm³/mol. The largest absolute Gasteiger partial charge is 0.374 e. The minimum Gasteiger partial charge on any atom is -0.374 e. The van der Waals surface area contributed by atoms with E-state index in [1.54, 1.807) is 6.07 Å². The lowest BCUT2D eigenvalue weighted by molar-refractivity contribution is -0.121. The maximum absolute atomic E-state index is 12.8. The fraction of sp³-hybridized carbons (Fsp3) is 0.125. The Morgan fingerprint density at radius 3 is 2.71 bits per heavy atom. The van der Waals surface area contributed by atoms with Crippen molar-refractivity contribution in [1.29, 1.82) is 0 Å². The molecule has 2 heterocycles. The first kappa shape index (κ1) is 15.1. The van der Waals surface area contributed by atoms with Gasteiger partial charge in [0.15, 0.2) is 4.34 Å². The number of anilines is 2. The van der Waals surface area contributed by atoms with Crippen LogP contribution in [-0.4, -0.2) is 27.3 Å². The summed E-state index contributed by atoms with van der Waals surface area (Å²) >= 11 is 2.45. The van der Waals surface area contributed by atoms with Gasteiger partial charge in [0.25, 0.3) is 0 Å². The highest BCUT2D eigenvalue weighted by Crippen LogP contribution is 2.37. The van der Waals surface area contributed by atoms with E-state index in [0.717, 1.165) is 10.8 Å². The molecule has 8 heteroatoms. The number of fused-ring (bicyclic) bond motifs is 1. The van der Waals surface area contributed by atoms with Crippen molar-refractivity contribution < 1.29 is 9.59 Å². The van der Waals surface area contributed by atoms with E-state index in [-0.39, 0.29) is 18.2 Å². The summed E-state index contributed by atoms with van der Waals surface area (Å²) in [5, 5.41) is 9.37. The third-order valence-corrected chi connectivity index (χ3v) is 5.80. The van der Waals surface area contributed by atoms with E-state index < -0.39 is 5.25 Å². The third kappa shape index (κ3) is 2.53. The number of benzene rings is 2. The van der Waals surface area contributed by atoms with E-state index >= 15 is 0 Å². The number of aromatic nitrogens is 2. The van der Waals surface area contributed by atoms with Crippen molar-refractivity contribution in [3.8, 4) is 0 Å². The lowest BCUT2D eigenvalue weighted by atomic mass is 10.1. The van der Waals surface area contributed by atoms with Gasteiger partial charge in [0.05, 0.1) is 5.69 Å². The van der Waals surface area contributed by atoms with Crippen LogP contribution in [0.3, 0.4) is 0 Å². The molecule has 0 radical (unpaired) electrons. The molecule has 3 aromatic rings. The van der Waals surface area contributed by atoms with Gasteiger partial charge in [-0.1, -0.05) is 59.5 Å². The highest BCUT2D eigenvalue weighted by Gasteiger charge is 2.41. The third-order valence-electron chi connectivity index (χ3n) is 3.78. The molecule has 0 unspecified atom stereocenters. The maximum Gasteiger partial charge on any atom is 0.247 e. The minimum absolute atomic E-state index is 0.145. The first-order valence-electron chi connectivity index (χ1n) is 7.23. The minimum atomic E-state index is -0.496. The second-order valence-corrected chi connectivity index (χ2v) is 7.74. The Morgan fingerprint density at radius 2 is 1.92 bits per heavy atom. The number of amides is 2. The lowest BCUT2D eigenvalue weighted by Gasteiger charge is -2.17. The van der Waals surface area contributed by atoms with E-state index in [4.69, 9.17) is 5.73 Å². The van der Waals surface area contributed by atoms with Crippen molar-refractivity contribution in [2.75, 3.05) is 10.6 Å². The molecule has 2 amide bonds. The summed E-state index contributed by atoms with van der Waals surface area (Å²) < 4.78 is 0.596. The number of carbonyl (C=O) groups is 2. The first-order chi connectivity index (χ1) is 11.6. The van der Waals surface area contributed by atoms with Gasteiger partial charge >= 0.3 is 0 Å². The molecular formula is C16H12N4O2S2. The Labute approximate surface area is 145 Å². The molecule has 2 N–H and O–H groups in total. The van der Waals surface area contributed by atoms with Gasteiger partial charge in [0.2, 0.25) is 16.9 Å². The van der Waals surface area contributed by atoms with Gasteiger partial charge in [-0.05, 0) is 11.5 Å². The molecular weight excluding hydrogens is 344 g/mol. The van der Waals surface area contributed by atoms with Crippen LogP contribution < -0.4 is 10.6 Å². The van der Waals surface area contributed by atoms with E-state index in [0.29, 0.717) is 15.2 Å². The molecule has 24 heavy (non-hydrogen) atoms. The summed E-state index contributed by atoms with van der Waals surface area (Å²) in [6, 6.07) is 13.3. The molecule has 1 fully saturated rings. The Kier molecular flexibility index (Phi) is 3.70. The van der Waals surface area contributed by atoms with Crippen molar-refractivity contribution in [3.05, 3.63) is 42.5 Å². The van der Waals surface area contributed by atoms with Crippen molar-refractivity contribution in [3.63, 3.8) is 0 Å². The summed E-state index contributed by atoms with van der Waals surface area (Å²) in [6.07, 6.45) is 0.145. The number of nitrogens with two attached hydrogens (primary N) is 1. The van der Waals surface area contributed by atoms with Crippen LogP contribution in [0.15, 0.2) is 46.8 Å². The average Bonchev–Trinajstić information content (AvgIpc) is 3.11. The lowest BCUT2D eigenvalue weighted by Crippen LogP contribution is -2.31. The van der Waals surface area contributed by atoms with Gasteiger partial charge in [0.1, 0.15) is 5.25 Å². The molecule has 0 spiro atoms. The van der Waals surface area contributed by atoms with Crippen LogP contribution in [0.1, 0.15) is 6.42 Å². The number of carbonyl (C=O) groups excluding carboxylic acids is 2. The van der Waals surface area contributed by atoms with Crippen molar-refractivity contribution >= 4 is 56.5 Å². The molecule has 1 aliphatic heterocycles. The number of rotatable bonds is 3. The Bertz CT molecular complexity index is 951. The molecule has 1 aliphatic rings. The molecule has 6 nitrogen and oxygen atoms in total. The SMILES string of the molecule is Nc1nnc(S[C@H]2CC(=O)N(c3cccc4ccccc34)C2=O)s1. The number of hydrogen-bond acceptors (Lipinski definition) is 7. The van der Waals surface area contributed by atoms with Gasteiger partial charge in [-0.2, -0.15) is 0 Å². The van der Waals surface area contributed by atoms with Gasteiger partial charge < -0.3 is 5.73 Å². The van der Waals surface area contributed by atoms with Crippen LogP contribution in [0.2, 0.25) is 0 Å². The van der Waals surface area contributed by atoms with Gasteiger partial charge in [-0.25, -0.2) is 4.90 Å². The normalized spacial score (nSPS) is 17.8. The number of thioether (sulfide) groups is 1. The van der Waals surface area contributed by atoms with Crippen molar-refractivity contribution in [1.82, 2.24) is 10.2 Å². The standard InChI is InChI=1S/C16H12N4O2S2/c17-15-18-19-16(24-15)23-12-8-13(21)20(14(12)22)11-7-3-5-9-4-1-2-6-10(9)11/h1-7,12H,8H2,(H2,17,18)/t12-/m0/s1. The predicted octanol–water partition coefficient (Wildman–Crippen LogP) is 2.70. The van der Waals surface area contributed by atoms with Crippen LogP contribution in [0, 0.1) is 0 Å². The summed E-state index contributed by atoms with van der Waals surface area (Å²) in [5.41, 5.74) is 6.19. The summed E-state index contributed by atoms with van der Waals surface area (Å²) in [5.74, 6) is -0.429. The highest BCUT2D eigenvalue weighted by atomic mass is 32.2. The molecule has 0 aliphatic carbocycles. The number of nitrogen functional groups attached to an aromatic ring is 1. The summed E-state index contributed by atoms with van der Waals surface area (Å²) in [7, 11) is 0. The van der Waals surface area contributed by atoms with E-state index in [2.05, 4.69) is 10.2 Å². The molecule has 0 saturated carbocycles. The molecule has 1 aromatic heterocycles. The molecule has 2 aromatic carbocycles. The second-order valence-electron chi connectivity index (χ2n) is 5.28. The first-order valence-corrected chi connectivity index (χ1v) is 8.93. The Hall–Kier alpha value is -2.45. The van der Waals surface area contributed by atoms with Crippen LogP contribution in [0.5, 0.6) is 0 Å². The van der Waals surface area contributed by atoms with Crippen LogP contribution in [0.4, 0.5) is 10.8 Å². The van der Waals surface area contributed by atoms with Gasteiger partial charge in [0, 0.05) is 11.8 Å². The van der Waals surface area contributed by atoms with Crippen LogP contribution in [-0.2, 0) is 9.59 Å². The molecule has 0 bridgehead atoms. The molecule has 4 rings (SSSR count). The van der Waals surface area contributed by atoms with Crippen LogP contribution in [0.25, 0.3) is 10.8 Å². The maximum atomic E-state index is 12.8. The zero-order valence-corrected chi connectivity index (χ0v) is 14.0. The number of imide groups is 1. The zero-order valence-electron chi connectivity index (χ0n) is 12.4. The zero-order chi connectivity index (χ0) is 16.7. The van der Waals surface area contributed by atoms with Crippen LogP contribution >= 0.6 is 23.1 Å². The van der Waals surface area contributed by atoms with Gasteiger partial charge in [-0.3, -0.25) is 9.59 Å². The second kappa shape index (κ2) is 5.88. The van der Waals surface area contributed by atoms with E-state index in [1.807, 2.05) is 36.4 Å². The molecule has 1 saturated heterocycles. The topological polar surface area (TPSA) is 89.2 Å². The van der Waals surface area contributed by atoms with Crippen molar-refractivity contribution in [2.45, 2.75) is 16.0 Å². The van der Waals surface area contributed by atoms with E-state index in [9.17, 15) is 9.59 Å². The summed E-state index contributed by atoms with van der Waals surface area (Å²) in [4.78, 5) is 26.5. The fourth-order valence-electron chi connectivity index (χ4n) is 2.74. The molecule has 120 valence electrons. The average molecular weight is 356 g/mol. The fourth-order valence-corrected chi connectivity index (χ4v) is 4.64. The van der Waals surface area contributed by atoms with Crippen molar-refractivity contribution in [2.24, 2.45) is 0 Å².